The minimum absolute atomic E-state index is 0.0848. The molecule has 0 bridgehead atoms. The maximum atomic E-state index is 13.8. The summed E-state index contributed by atoms with van der Waals surface area (Å²) in [6, 6.07) is 30.0. The first kappa shape index (κ1) is 27.6. The van der Waals surface area contributed by atoms with Crippen LogP contribution in [0.2, 0.25) is 0 Å². The molecule has 0 spiro atoms. The highest BCUT2D eigenvalue weighted by Gasteiger charge is 2.44. The third-order valence-corrected chi connectivity index (χ3v) is 7.86. The number of carbonyl (C=O) groups is 1. The van der Waals surface area contributed by atoms with Crippen molar-refractivity contribution < 1.29 is 19.0 Å². The third kappa shape index (κ3) is 5.89. The van der Waals surface area contributed by atoms with E-state index in [9.17, 15) is 4.79 Å². The standard InChI is InChI=1S/C36H36N2O4/c1-3-40-30-15-7-10-25(21-30)20-28-13-9-17-33-35(28)37-38(36(33)29-14-8-16-31(23-29)41-4-2)34(39)24-42-32-19-18-26-11-5-6-12-27(26)22-32/h5-8,10-12,14-16,18-23,33,36H,3-4,9,13,17,24H2,1-2H3/b28-20-/t33-,36+/m0/s1. The van der Waals surface area contributed by atoms with Crippen LogP contribution in [-0.4, -0.2) is 36.4 Å². The lowest BCUT2D eigenvalue weighted by molar-refractivity contribution is -0.135. The molecule has 1 amide bonds. The van der Waals surface area contributed by atoms with Gasteiger partial charge in [-0.05, 0) is 103 Å². The van der Waals surface area contributed by atoms with Gasteiger partial charge in [0.1, 0.15) is 17.2 Å². The van der Waals surface area contributed by atoms with Crippen molar-refractivity contribution in [3.05, 3.63) is 108 Å². The highest BCUT2D eigenvalue weighted by molar-refractivity contribution is 6.08. The number of hydrogen-bond donors (Lipinski definition) is 0. The number of allylic oxidation sites excluding steroid dienone is 1. The summed E-state index contributed by atoms with van der Waals surface area (Å²) < 4.78 is 17.6. The van der Waals surface area contributed by atoms with Gasteiger partial charge in [0, 0.05) is 5.92 Å². The Morgan fingerprint density at radius 3 is 2.38 bits per heavy atom. The first-order valence-electron chi connectivity index (χ1n) is 14.8. The number of hydrogen-bond acceptors (Lipinski definition) is 5. The van der Waals surface area contributed by atoms with Gasteiger partial charge in [0.05, 0.1) is 25.0 Å². The Morgan fingerprint density at radius 1 is 0.833 bits per heavy atom. The highest BCUT2D eigenvalue weighted by Crippen LogP contribution is 2.45. The number of carbonyl (C=O) groups excluding carboxylic acids is 1. The Kier molecular flexibility index (Phi) is 8.22. The van der Waals surface area contributed by atoms with Gasteiger partial charge >= 0.3 is 0 Å². The molecule has 0 unspecified atom stereocenters. The summed E-state index contributed by atoms with van der Waals surface area (Å²) in [5, 5.41) is 8.88. The van der Waals surface area contributed by atoms with E-state index >= 15 is 0 Å². The molecule has 1 heterocycles. The van der Waals surface area contributed by atoms with E-state index in [1.807, 2.05) is 80.6 Å². The highest BCUT2D eigenvalue weighted by atomic mass is 16.5. The SMILES string of the molecule is CCOc1cccc(/C=C2/CCC[C@H]3C2=NN(C(=O)COc2ccc4ccccc4c2)[C@@H]3c2cccc(OCC)c2)c1. The normalized spacial score (nSPS) is 19.0. The third-order valence-electron chi connectivity index (χ3n) is 7.86. The molecule has 1 aliphatic carbocycles. The molecule has 0 radical (unpaired) electrons. The van der Waals surface area contributed by atoms with Crippen LogP contribution in [0.15, 0.2) is 102 Å². The number of amides is 1. The molecule has 6 heteroatoms. The van der Waals surface area contributed by atoms with Crippen molar-refractivity contribution in [1.82, 2.24) is 5.01 Å². The topological polar surface area (TPSA) is 60.4 Å². The van der Waals surface area contributed by atoms with Crippen LogP contribution >= 0.6 is 0 Å². The fourth-order valence-corrected chi connectivity index (χ4v) is 6.03. The van der Waals surface area contributed by atoms with Crippen molar-refractivity contribution in [3.8, 4) is 17.2 Å². The number of benzene rings is 4. The Balaban J connectivity index is 1.31. The predicted octanol–water partition coefficient (Wildman–Crippen LogP) is 7.84. The van der Waals surface area contributed by atoms with Gasteiger partial charge in [-0.3, -0.25) is 4.79 Å². The summed E-state index contributed by atoms with van der Waals surface area (Å²) in [7, 11) is 0. The van der Waals surface area contributed by atoms with Gasteiger partial charge in [0.25, 0.3) is 5.91 Å². The molecule has 0 saturated heterocycles. The van der Waals surface area contributed by atoms with E-state index in [4.69, 9.17) is 19.3 Å². The van der Waals surface area contributed by atoms with E-state index in [1.54, 1.807) is 5.01 Å². The summed E-state index contributed by atoms with van der Waals surface area (Å²) in [6.07, 6.45) is 5.09. The van der Waals surface area contributed by atoms with E-state index in [2.05, 4.69) is 30.3 Å². The fraction of sp³-hybridized carbons (Fsp3) is 0.278. The first-order chi connectivity index (χ1) is 20.6. The van der Waals surface area contributed by atoms with E-state index in [0.29, 0.717) is 19.0 Å². The number of nitrogens with zero attached hydrogens (tertiary/aromatic N) is 2. The molecule has 0 N–H and O–H groups in total. The van der Waals surface area contributed by atoms with Crippen LogP contribution in [0.4, 0.5) is 0 Å². The molecule has 1 fully saturated rings. The van der Waals surface area contributed by atoms with E-state index in [1.165, 1.54) is 0 Å². The van der Waals surface area contributed by atoms with Crippen molar-refractivity contribution >= 4 is 28.5 Å². The molecule has 4 aromatic rings. The lowest BCUT2D eigenvalue weighted by Gasteiger charge is -2.30. The molecule has 0 aromatic heterocycles. The Labute approximate surface area is 247 Å². The molecule has 2 atom stereocenters. The van der Waals surface area contributed by atoms with Gasteiger partial charge < -0.3 is 14.2 Å². The molecule has 42 heavy (non-hydrogen) atoms. The van der Waals surface area contributed by atoms with E-state index in [0.717, 1.165) is 63.9 Å². The molecular formula is C36H36N2O4. The number of ether oxygens (including phenoxy) is 3. The van der Waals surface area contributed by atoms with Crippen molar-refractivity contribution in [2.24, 2.45) is 11.0 Å². The molecule has 4 aromatic carbocycles. The van der Waals surface area contributed by atoms with Gasteiger partial charge in [-0.25, -0.2) is 5.01 Å². The Hall–Kier alpha value is -4.58. The molecular weight excluding hydrogens is 524 g/mol. The largest absolute Gasteiger partial charge is 0.494 e. The maximum Gasteiger partial charge on any atom is 0.281 e. The van der Waals surface area contributed by atoms with Crippen LogP contribution in [0.3, 0.4) is 0 Å². The summed E-state index contributed by atoms with van der Waals surface area (Å²) >= 11 is 0. The first-order valence-corrected chi connectivity index (χ1v) is 14.8. The monoisotopic (exact) mass is 560 g/mol. The zero-order valence-corrected chi connectivity index (χ0v) is 24.2. The predicted molar refractivity (Wildman–Crippen MR) is 167 cm³/mol. The number of rotatable bonds is 9. The summed E-state index contributed by atoms with van der Waals surface area (Å²) in [5.41, 5.74) is 4.23. The molecule has 6 nitrogen and oxygen atoms in total. The number of hydrazone groups is 1. The van der Waals surface area contributed by atoms with E-state index < -0.39 is 0 Å². The van der Waals surface area contributed by atoms with Crippen molar-refractivity contribution in [2.45, 2.75) is 39.2 Å². The van der Waals surface area contributed by atoms with Crippen molar-refractivity contribution in [3.63, 3.8) is 0 Å². The van der Waals surface area contributed by atoms with Crippen molar-refractivity contribution in [1.29, 1.82) is 0 Å². The van der Waals surface area contributed by atoms with Crippen LogP contribution in [0.1, 0.15) is 50.3 Å². The second kappa shape index (κ2) is 12.5. The molecule has 2 aliphatic rings. The number of fused-ring (bicyclic) bond motifs is 2. The van der Waals surface area contributed by atoms with Crippen LogP contribution in [0, 0.1) is 5.92 Å². The molecule has 1 aliphatic heterocycles. The molecule has 214 valence electrons. The summed E-state index contributed by atoms with van der Waals surface area (Å²) in [4.78, 5) is 13.8. The van der Waals surface area contributed by atoms with Gasteiger partial charge in [-0.15, -0.1) is 0 Å². The molecule has 1 saturated carbocycles. The molecule has 6 rings (SSSR count). The Morgan fingerprint density at radius 2 is 1.57 bits per heavy atom. The maximum absolute atomic E-state index is 13.8. The van der Waals surface area contributed by atoms with Crippen molar-refractivity contribution in [2.75, 3.05) is 19.8 Å². The Bertz CT molecular complexity index is 1640. The zero-order chi connectivity index (χ0) is 28.9. The minimum Gasteiger partial charge on any atom is -0.494 e. The van der Waals surface area contributed by atoms with Gasteiger partial charge in [-0.2, -0.15) is 5.10 Å². The second-order valence-corrected chi connectivity index (χ2v) is 10.6. The smallest absolute Gasteiger partial charge is 0.281 e. The lowest BCUT2D eigenvalue weighted by Crippen LogP contribution is -2.34. The quantitative estimate of drug-likeness (QED) is 0.209. The van der Waals surface area contributed by atoms with Crippen LogP contribution in [0.5, 0.6) is 17.2 Å². The van der Waals surface area contributed by atoms with Crippen LogP contribution in [0.25, 0.3) is 16.8 Å². The second-order valence-electron chi connectivity index (χ2n) is 10.6. The van der Waals surface area contributed by atoms with Gasteiger partial charge in [0.15, 0.2) is 6.61 Å². The van der Waals surface area contributed by atoms with E-state index in [-0.39, 0.29) is 24.5 Å². The van der Waals surface area contributed by atoms with Crippen LogP contribution < -0.4 is 14.2 Å². The summed E-state index contributed by atoms with van der Waals surface area (Å²) in [5.74, 6) is 2.22. The van der Waals surface area contributed by atoms with Gasteiger partial charge in [-0.1, -0.05) is 54.6 Å². The zero-order valence-electron chi connectivity index (χ0n) is 24.2. The minimum atomic E-state index is -0.230. The average molecular weight is 561 g/mol. The summed E-state index contributed by atoms with van der Waals surface area (Å²) in [6.45, 7) is 5.06. The fourth-order valence-electron chi connectivity index (χ4n) is 6.03. The average Bonchev–Trinajstić information content (AvgIpc) is 3.41. The van der Waals surface area contributed by atoms with Gasteiger partial charge in [0.2, 0.25) is 0 Å². The van der Waals surface area contributed by atoms with Crippen LogP contribution in [-0.2, 0) is 4.79 Å². The lowest BCUT2D eigenvalue weighted by atomic mass is 9.77.